The lowest BCUT2D eigenvalue weighted by molar-refractivity contribution is -0.0613. The van der Waals surface area contributed by atoms with Crippen molar-refractivity contribution in [2.75, 3.05) is 6.61 Å². The van der Waals surface area contributed by atoms with E-state index in [0.29, 0.717) is 19.4 Å². The molecule has 0 amide bonds. The standard InChI is InChI=1S/C13H22O5Si/c1-3-17-11(2)18-13-8-6-12(7-9-13)5-4-10-19(14,15)16/h6-9,11,14-16H,3-5,10H2,1-2H3. The lowest BCUT2D eigenvalue weighted by atomic mass is 10.1. The SMILES string of the molecule is CCOC(C)Oc1ccc(CCC[Si](O)(O)O)cc1. The van der Waals surface area contributed by atoms with Crippen LogP contribution in [0.25, 0.3) is 0 Å². The molecule has 1 atom stereocenters. The molecule has 0 aliphatic heterocycles. The molecule has 1 unspecified atom stereocenters. The summed E-state index contributed by atoms with van der Waals surface area (Å²) in [5.74, 6) is 0.736. The van der Waals surface area contributed by atoms with Crippen molar-refractivity contribution in [3.05, 3.63) is 29.8 Å². The van der Waals surface area contributed by atoms with Crippen molar-refractivity contribution in [3.63, 3.8) is 0 Å². The van der Waals surface area contributed by atoms with Gasteiger partial charge in [0.2, 0.25) is 0 Å². The second-order valence-corrected chi connectivity index (χ2v) is 6.46. The van der Waals surface area contributed by atoms with Gasteiger partial charge in [-0.3, -0.25) is 0 Å². The Bertz CT molecular complexity index is 360. The number of ether oxygens (including phenoxy) is 2. The largest absolute Gasteiger partial charge is 0.492 e. The summed E-state index contributed by atoms with van der Waals surface area (Å²) in [5.41, 5.74) is 1.06. The number of aryl methyl sites for hydroxylation is 1. The lowest BCUT2D eigenvalue weighted by Gasteiger charge is -2.14. The van der Waals surface area contributed by atoms with Crippen molar-refractivity contribution >= 4 is 8.80 Å². The third-order valence-corrected chi connectivity index (χ3v) is 3.63. The van der Waals surface area contributed by atoms with Crippen LogP contribution in [0, 0.1) is 0 Å². The Morgan fingerprint density at radius 3 is 2.32 bits per heavy atom. The minimum Gasteiger partial charge on any atom is -0.465 e. The van der Waals surface area contributed by atoms with Gasteiger partial charge < -0.3 is 23.9 Å². The van der Waals surface area contributed by atoms with E-state index in [1.165, 1.54) is 0 Å². The topological polar surface area (TPSA) is 79.2 Å². The number of benzene rings is 1. The summed E-state index contributed by atoms with van der Waals surface area (Å²) in [4.78, 5) is 26.7. The molecule has 6 heteroatoms. The molecule has 0 heterocycles. The highest BCUT2D eigenvalue weighted by molar-refractivity contribution is 6.56. The van der Waals surface area contributed by atoms with E-state index in [0.717, 1.165) is 11.3 Å². The van der Waals surface area contributed by atoms with Crippen LogP contribution in [-0.4, -0.2) is 36.1 Å². The van der Waals surface area contributed by atoms with Crippen LogP contribution < -0.4 is 4.74 Å². The zero-order valence-corrected chi connectivity index (χ0v) is 12.4. The summed E-state index contributed by atoms with van der Waals surface area (Å²) in [6, 6.07) is 7.61. The van der Waals surface area contributed by atoms with Gasteiger partial charge in [-0.2, -0.15) is 0 Å². The number of hydrogen-bond donors (Lipinski definition) is 3. The van der Waals surface area contributed by atoms with Gasteiger partial charge in [-0.25, -0.2) is 0 Å². The molecular weight excluding hydrogens is 264 g/mol. The Morgan fingerprint density at radius 2 is 1.79 bits per heavy atom. The van der Waals surface area contributed by atoms with Gasteiger partial charge in [0.25, 0.3) is 0 Å². The van der Waals surface area contributed by atoms with Gasteiger partial charge in [-0.05, 0) is 44.4 Å². The van der Waals surface area contributed by atoms with Crippen molar-refractivity contribution in [3.8, 4) is 5.75 Å². The van der Waals surface area contributed by atoms with Crippen molar-refractivity contribution in [2.45, 2.75) is 39.0 Å². The van der Waals surface area contributed by atoms with Crippen LogP contribution in [0.3, 0.4) is 0 Å². The molecule has 0 spiro atoms. The fourth-order valence-electron chi connectivity index (χ4n) is 1.72. The molecule has 0 saturated heterocycles. The van der Waals surface area contributed by atoms with E-state index in [2.05, 4.69) is 0 Å². The summed E-state index contributed by atoms with van der Waals surface area (Å²) >= 11 is 0. The smallest absolute Gasteiger partial charge is 0.465 e. The van der Waals surface area contributed by atoms with Gasteiger partial charge in [-0.15, -0.1) is 0 Å². The average Bonchev–Trinajstić information content (AvgIpc) is 2.30. The highest BCUT2D eigenvalue weighted by atomic mass is 28.4. The van der Waals surface area contributed by atoms with Crippen molar-refractivity contribution in [1.29, 1.82) is 0 Å². The molecule has 5 nitrogen and oxygen atoms in total. The molecule has 19 heavy (non-hydrogen) atoms. The molecule has 0 aliphatic rings. The van der Waals surface area contributed by atoms with E-state index < -0.39 is 8.80 Å². The van der Waals surface area contributed by atoms with Crippen molar-refractivity contribution in [2.24, 2.45) is 0 Å². The van der Waals surface area contributed by atoms with Gasteiger partial charge in [-0.1, -0.05) is 12.1 Å². The first-order valence-electron chi connectivity index (χ1n) is 6.45. The summed E-state index contributed by atoms with van der Waals surface area (Å²) in [6.45, 7) is 4.36. The Kier molecular flexibility index (Phi) is 6.46. The first-order valence-corrected chi connectivity index (χ1v) is 8.50. The molecule has 1 aromatic carbocycles. The van der Waals surface area contributed by atoms with Crippen LogP contribution in [0.1, 0.15) is 25.8 Å². The van der Waals surface area contributed by atoms with E-state index in [1.54, 1.807) is 0 Å². The van der Waals surface area contributed by atoms with Gasteiger partial charge in [0.15, 0.2) is 6.29 Å². The predicted octanol–water partition coefficient (Wildman–Crippen LogP) is 1.30. The molecule has 108 valence electrons. The van der Waals surface area contributed by atoms with Crippen LogP contribution in [0.5, 0.6) is 5.75 Å². The summed E-state index contributed by atoms with van der Waals surface area (Å²) < 4.78 is 10.8. The van der Waals surface area contributed by atoms with Crippen LogP contribution in [0.4, 0.5) is 0 Å². The van der Waals surface area contributed by atoms with E-state index in [1.807, 2.05) is 38.1 Å². The maximum Gasteiger partial charge on any atom is 0.492 e. The number of rotatable bonds is 8. The first kappa shape index (κ1) is 16.1. The third-order valence-electron chi connectivity index (χ3n) is 2.60. The Labute approximate surface area is 114 Å². The summed E-state index contributed by atoms with van der Waals surface area (Å²) in [6.07, 6.45) is 0.962. The molecule has 0 aromatic heterocycles. The van der Waals surface area contributed by atoms with E-state index in [-0.39, 0.29) is 12.3 Å². The van der Waals surface area contributed by atoms with Gasteiger partial charge in [0.05, 0.1) is 0 Å². The van der Waals surface area contributed by atoms with Gasteiger partial charge in [0, 0.05) is 12.7 Å². The van der Waals surface area contributed by atoms with Crippen LogP contribution in [-0.2, 0) is 11.2 Å². The monoisotopic (exact) mass is 286 g/mol. The second-order valence-electron chi connectivity index (χ2n) is 4.41. The molecule has 1 aromatic rings. The Morgan fingerprint density at radius 1 is 1.16 bits per heavy atom. The van der Waals surface area contributed by atoms with Crippen molar-refractivity contribution in [1.82, 2.24) is 0 Å². The minimum atomic E-state index is -3.89. The lowest BCUT2D eigenvalue weighted by Crippen LogP contribution is -2.34. The molecule has 3 N–H and O–H groups in total. The fraction of sp³-hybridized carbons (Fsp3) is 0.538. The second kappa shape index (κ2) is 7.61. The molecular formula is C13H22O5Si. The zero-order valence-electron chi connectivity index (χ0n) is 11.4. The van der Waals surface area contributed by atoms with Crippen LogP contribution in [0.15, 0.2) is 24.3 Å². The summed E-state index contributed by atoms with van der Waals surface area (Å²) in [7, 11) is -3.89. The van der Waals surface area contributed by atoms with Crippen LogP contribution in [0.2, 0.25) is 6.04 Å². The first-order chi connectivity index (χ1) is 8.90. The maximum atomic E-state index is 8.91. The molecule has 0 saturated carbocycles. The predicted molar refractivity (Wildman–Crippen MR) is 73.7 cm³/mol. The zero-order chi connectivity index (χ0) is 14.3. The average molecular weight is 286 g/mol. The van der Waals surface area contributed by atoms with E-state index in [4.69, 9.17) is 23.9 Å². The van der Waals surface area contributed by atoms with Crippen LogP contribution >= 0.6 is 0 Å². The third kappa shape index (κ3) is 7.29. The Balaban J connectivity index is 2.39. The highest BCUT2D eigenvalue weighted by Crippen LogP contribution is 2.16. The molecule has 0 fully saturated rings. The van der Waals surface area contributed by atoms with Crippen molar-refractivity contribution < 1.29 is 23.9 Å². The quantitative estimate of drug-likeness (QED) is 0.496. The molecule has 0 aliphatic carbocycles. The molecule has 1 rings (SSSR count). The molecule has 0 radical (unpaired) electrons. The highest BCUT2D eigenvalue weighted by Gasteiger charge is 2.25. The Hall–Kier alpha value is -0.923. The van der Waals surface area contributed by atoms with Gasteiger partial charge >= 0.3 is 8.80 Å². The van der Waals surface area contributed by atoms with Gasteiger partial charge in [0.1, 0.15) is 5.75 Å². The molecule has 0 bridgehead atoms. The van der Waals surface area contributed by atoms with E-state index >= 15 is 0 Å². The van der Waals surface area contributed by atoms with E-state index in [9.17, 15) is 0 Å². The minimum absolute atomic E-state index is 0.0621. The normalized spacial score (nSPS) is 13.3. The fourth-order valence-corrected chi connectivity index (χ4v) is 2.38. The summed E-state index contributed by atoms with van der Waals surface area (Å²) in [5, 5.41) is 0. The number of hydrogen-bond acceptors (Lipinski definition) is 5. The maximum absolute atomic E-state index is 8.91.